The topological polar surface area (TPSA) is 37.3 Å². The van der Waals surface area contributed by atoms with Gasteiger partial charge in [-0.25, -0.2) is 5.01 Å². The van der Waals surface area contributed by atoms with E-state index < -0.39 is 0 Å². The van der Waals surface area contributed by atoms with Crippen LogP contribution in [0.15, 0.2) is 52.0 Å². The summed E-state index contributed by atoms with van der Waals surface area (Å²) in [5.41, 5.74) is 3.12. The zero-order valence-electron chi connectivity index (χ0n) is 16.2. The summed E-state index contributed by atoms with van der Waals surface area (Å²) < 4.78 is 13.0. The molecule has 2 aromatic carbocycles. The molecule has 6 heteroatoms. The predicted octanol–water partition coefficient (Wildman–Crippen LogP) is 4.42. The van der Waals surface area contributed by atoms with Crippen LogP contribution in [0.4, 0.5) is 0 Å². The molecule has 0 unspecified atom stereocenters. The average molecular weight is 442 g/mol. The Morgan fingerprint density at radius 1 is 1.14 bits per heavy atom. The first kappa shape index (κ1) is 18.0. The number of fused-ring (bicyclic) bond motifs is 4. The summed E-state index contributed by atoms with van der Waals surface area (Å²) in [5.74, 6) is 1.87. The molecule has 3 heterocycles. The van der Waals surface area contributed by atoms with E-state index in [-0.39, 0.29) is 11.8 Å². The van der Waals surface area contributed by atoms with Crippen molar-refractivity contribution in [2.24, 2.45) is 5.10 Å². The van der Waals surface area contributed by atoms with Crippen LogP contribution < -0.4 is 9.47 Å². The third-order valence-electron chi connectivity index (χ3n) is 6.15. The van der Waals surface area contributed by atoms with Gasteiger partial charge in [-0.05, 0) is 55.1 Å². The van der Waals surface area contributed by atoms with Crippen LogP contribution in [0, 0.1) is 0 Å². The monoisotopic (exact) mass is 441 g/mol. The lowest BCUT2D eigenvalue weighted by molar-refractivity contribution is -0.147. The van der Waals surface area contributed by atoms with Crippen LogP contribution in [-0.2, 0) is 0 Å². The summed E-state index contributed by atoms with van der Waals surface area (Å²) >= 11 is 3.63. The molecule has 0 bridgehead atoms. The van der Waals surface area contributed by atoms with Gasteiger partial charge in [-0.1, -0.05) is 15.9 Å². The van der Waals surface area contributed by atoms with Gasteiger partial charge < -0.3 is 14.4 Å². The number of nitrogens with zero attached hydrogens (tertiary/aromatic N) is 3. The molecule has 146 valence electrons. The Kier molecular flexibility index (Phi) is 4.36. The first-order valence-electron chi connectivity index (χ1n) is 9.76. The van der Waals surface area contributed by atoms with E-state index in [1.807, 2.05) is 12.1 Å². The maximum atomic E-state index is 6.65. The van der Waals surface area contributed by atoms with Gasteiger partial charge in [0.2, 0.25) is 5.72 Å². The number of hydrogen-bond donors (Lipinski definition) is 0. The Labute approximate surface area is 174 Å². The SMILES string of the molecule is COc1ccc(C2=NN3[C@@H](C2)c2cc(Br)ccc2OC32CCN(C)CC2)cc1. The molecule has 0 saturated carbocycles. The molecule has 0 radical (unpaired) electrons. The Balaban J connectivity index is 1.56. The van der Waals surface area contributed by atoms with Gasteiger partial charge in [-0.15, -0.1) is 0 Å². The standard InChI is InChI=1S/C22H24BrN3O2/c1-25-11-9-22(10-12-25)26-20(18-13-16(23)5-8-21(18)28-22)14-19(24-26)15-3-6-17(27-2)7-4-15/h3-8,13,20H,9-12,14H2,1-2H3/t20-/m0/s1. The highest BCUT2D eigenvalue weighted by molar-refractivity contribution is 9.10. The predicted molar refractivity (Wildman–Crippen MR) is 113 cm³/mol. The molecule has 5 nitrogen and oxygen atoms in total. The van der Waals surface area contributed by atoms with E-state index in [1.54, 1.807) is 7.11 Å². The molecule has 0 aromatic heterocycles. The lowest BCUT2D eigenvalue weighted by Crippen LogP contribution is -2.58. The Morgan fingerprint density at radius 3 is 2.61 bits per heavy atom. The molecule has 1 spiro atoms. The first-order valence-corrected chi connectivity index (χ1v) is 10.6. The Bertz CT molecular complexity index is 920. The van der Waals surface area contributed by atoms with E-state index in [4.69, 9.17) is 14.6 Å². The van der Waals surface area contributed by atoms with Crippen molar-refractivity contribution >= 4 is 21.6 Å². The van der Waals surface area contributed by atoms with Crippen molar-refractivity contribution in [3.63, 3.8) is 0 Å². The highest BCUT2D eigenvalue weighted by atomic mass is 79.9. The van der Waals surface area contributed by atoms with Gasteiger partial charge in [0.25, 0.3) is 0 Å². The third kappa shape index (κ3) is 2.90. The minimum atomic E-state index is -0.355. The molecule has 0 aliphatic carbocycles. The number of halogens is 1. The summed E-state index contributed by atoms with van der Waals surface area (Å²) in [7, 11) is 3.87. The van der Waals surface area contributed by atoms with Gasteiger partial charge in [-0.2, -0.15) is 5.10 Å². The molecule has 1 fully saturated rings. The fourth-order valence-electron chi connectivity index (χ4n) is 4.51. The van der Waals surface area contributed by atoms with Crippen LogP contribution in [0.1, 0.15) is 36.4 Å². The van der Waals surface area contributed by atoms with Crippen molar-refractivity contribution in [1.29, 1.82) is 0 Å². The van der Waals surface area contributed by atoms with Crippen molar-refractivity contribution in [3.8, 4) is 11.5 Å². The largest absolute Gasteiger partial charge is 0.497 e. The van der Waals surface area contributed by atoms with Gasteiger partial charge in [0.1, 0.15) is 11.5 Å². The zero-order valence-corrected chi connectivity index (χ0v) is 17.8. The van der Waals surface area contributed by atoms with Gasteiger partial charge in [0.05, 0.1) is 18.9 Å². The first-order chi connectivity index (χ1) is 13.6. The Morgan fingerprint density at radius 2 is 1.89 bits per heavy atom. The number of methoxy groups -OCH3 is 1. The second kappa shape index (κ2) is 6.78. The van der Waals surface area contributed by atoms with Gasteiger partial charge in [0.15, 0.2) is 0 Å². The van der Waals surface area contributed by atoms with E-state index in [0.29, 0.717) is 0 Å². The maximum Gasteiger partial charge on any atom is 0.200 e. The summed E-state index contributed by atoms with van der Waals surface area (Å²) in [6.45, 7) is 2.03. The molecule has 5 rings (SSSR count). The number of benzene rings is 2. The lowest BCUT2D eigenvalue weighted by atomic mass is 9.91. The minimum absolute atomic E-state index is 0.210. The summed E-state index contributed by atoms with van der Waals surface area (Å²) in [4.78, 5) is 2.37. The van der Waals surface area contributed by atoms with Crippen molar-refractivity contribution in [2.75, 3.05) is 27.2 Å². The molecule has 0 N–H and O–H groups in total. The number of ether oxygens (including phenoxy) is 2. The van der Waals surface area contributed by atoms with Crippen LogP contribution in [0.3, 0.4) is 0 Å². The van der Waals surface area contributed by atoms with Crippen molar-refractivity contribution in [3.05, 3.63) is 58.1 Å². The fraction of sp³-hybridized carbons (Fsp3) is 0.409. The molecule has 3 aliphatic heterocycles. The molecular formula is C22H24BrN3O2. The van der Waals surface area contributed by atoms with Gasteiger partial charge >= 0.3 is 0 Å². The molecule has 28 heavy (non-hydrogen) atoms. The number of rotatable bonds is 2. The van der Waals surface area contributed by atoms with Gasteiger partial charge in [0, 0.05) is 42.4 Å². The van der Waals surface area contributed by atoms with E-state index in [1.165, 1.54) is 5.56 Å². The van der Waals surface area contributed by atoms with Crippen LogP contribution in [0.5, 0.6) is 11.5 Å². The van der Waals surface area contributed by atoms with Crippen LogP contribution >= 0.6 is 15.9 Å². The van der Waals surface area contributed by atoms with Gasteiger partial charge in [-0.3, -0.25) is 0 Å². The van der Waals surface area contributed by atoms with Crippen LogP contribution in [0.25, 0.3) is 0 Å². The molecule has 0 amide bonds. The van der Waals surface area contributed by atoms with E-state index in [2.05, 4.69) is 63.2 Å². The Hall–Kier alpha value is -2.05. The zero-order chi connectivity index (χ0) is 19.3. The number of piperidine rings is 1. The van der Waals surface area contributed by atoms with Crippen molar-refractivity contribution in [1.82, 2.24) is 9.91 Å². The van der Waals surface area contributed by atoms with E-state index >= 15 is 0 Å². The number of hydrazone groups is 1. The molecule has 3 aliphatic rings. The fourth-order valence-corrected chi connectivity index (χ4v) is 4.89. The highest BCUT2D eigenvalue weighted by Gasteiger charge is 2.51. The minimum Gasteiger partial charge on any atom is -0.497 e. The third-order valence-corrected chi connectivity index (χ3v) is 6.64. The quantitative estimate of drug-likeness (QED) is 0.690. The molecule has 1 atom stereocenters. The van der Waals surface area contributed by atoms with Crippen molar-refractivity contribution in [2.45, 2.75) is 31.0 Å². The van der Waals surface area contributed by atoms with E-state index in [9.17, 15) is 0 Å². The second-order valence-corrected chi connectivity index (χ2v) is 8.79. The summed E-state index contributed by atoms with van der Waals surface area (Å²) in [6, 6.07) is 14.8. The summed E-state index contributed by atoms with van der Waals surface area (Å²) in [5, 5.41) is 7.37. The number of likely N-dealkylation sites (tertiary alicyclic amines) is 1. The van der Waals surface area contributed by atoms with Crippen molar-refractivity contribution < 1.29 is 9.47 Å². The molecular weight excluding hydrogens is 418 g/mol. The molecule has 2 aromatic rings. The number of hydrogen-bond acceptors (Lipinski definition) is 5. The van der Waals surface area contributed by atoms with Crippen LogP contribution in [-0.4, -0.2) is 48.6 Å². The van der Waals surface area contributed by atoms with Crippen LogP contribution in [0.2, 0.25) is 0 Å². The maximum absolute atomic E-state index is 6.65. The second-order valence-electron chi connectivity index (χ2n) is 7.87. The highest BCUT2D eigenvalue weighted by Crippen LogP contribution is 2.50. The molecule has 1 saturated heterocycles. The lowest BCUT2D eigenvalue weighted by Gasteiger charge is -2.50. The normalized spacial score (nSPS) is 23.0. The average Bonchev–Trinajstić information content (AvgIpc) is 3.18. The summed E-state index contributed by atoms with van der Waals surface area (Å²) in [6.07, 6.45) is 2.79. The smallest absolute Gasteiger partial charge is 0.200 e. The van der Waals surface area contributed by atoms with E-state index in [0.717, 1.165) is 59.6 Å².